The molecule has 32 heavy (non-hydrogen) atoms. The van der Waals surface area contributed by atoms with Crippen LogP contribution in [0.1, 0.15) is 17.7 Å². The predicted molar refractivity (Wildman–Crippen MR) is 109 cm³/mol. The Morgan fingerprint density at radius 3 is 2.56 bits per heavy atom. The second-order valence-electron chi connectivity index (χ2n) is 7.16. The summed E-state index contributed by atoms with van der Waals surface area (Å²) < 4.78 is 44.3. The van der Waals surface area contributed by atoms with Gasteiger partial charge in [-0.1, -0.05) is 0 Å². The number of piperazine rings is 1. The number of carbonyl (C=O) groups is 1. The van der Waals surface area contributed by atoms with Gasteiger partial charge in [-0.15, -0.1) is 0 Å². The van der Waals surface area contributed by atoms with Gasteiger partial charge < -0.3 is 19.9 Å². The van der Waals surface area contributed by atoms with E-state index >= 15 is 0 Å². The molecule has 1 aliphatic rings. The van der Waals surface area contributed by atoms with Gasteiger partial charge in [0.15, 0.2) is 0 Å². The first-order valence-corrected chi connectivity index (χ1v) is 10.0. The minimum absolute atomic E-state index is 0.0265. The van der Waals surface area contributed by atoms with Crippen molar-refractivity contribution in [3.05, 3.63) is 40.2 Å². The molecule has 1 amide bonds. The molecule has 0 atom stereocenters. The Balaban J connectivity index is 1.35. The number of H-pyrrole nitrogens is 1. The standard InChI is InChI=1S/C19H24F3N7O3/c1-13-10-25-15(12-24-13)28-4-6-29(7-5-28)16(30)2-8-32-9-3-23-14-11-26-27-18(31)17(14)19(20,21)22/h10-12H,2-9H2,1H3,(H2,23,27,31). The predicted octanol–water partition coefficient (Wildman–Crippen LogP) is 1.05. The maximum Gasteiger partial charge on any atom is 0.423 e. The number of halogens is 3. The maximum absolute atomic E-state index is 13.0. The van der Waals surface area contributed by atoms with E-state index in [1.165, 1.54) is 0 Å². The lowest BCUT2D eigenvalue weighted by Crippen LogP contribution is -2.49. The van der Waals surface area contributed by atoms with Crippen molar-refractivity contribution in [2.24, 2.45) is 0 Å². The number of hydrogen-bond acceptors (Lipinski definition) is 8. The number of aromatic nitrogens is 4. The van der Waals surface area contributed by atoms with E-state index in [4.69, 9.17) is 4.74 Å². The third-order valence-corrected chi connectivity index (χ3v) is 4.89. The molecule has 3 rings (SSSR count). The molecule has 1 fully saturated rings. The number of aromatic amines is 1. The summed E-state index contributed by atoms with van der Waals surface area (Å²) >= 11 is 0. The number of ether oxygens (including phenoxy) is 1. The summed E-state index contributed by atoms with van der Waals surface area (Å²) in [5.41, 5.74) is -2.23. The van der Waals surface area contributed by atoms with Gasteiger partial charge in [-0.25, -0.2) is 10.1 Å². The highest BCUT2D eigenvalue weighted by molar-refractivity contribution is 5.76. The Morgan fingerprint density at radius 2 is 1.91 bits per heavy atom. The first kappa shape index (κ1) is 23.4. The smallest absolute Gasteiger partial charge is 0.381 e. The fraction of sp³-hybridized carbons (Fsp3) is 0.526. The second kappa shape index (κ2) is 10.4. The van der Waals surface area contributed by atoms with Gasteiger partial charge in [-0.05, 0) is 6.92 Å². The lowest BCUT2D eigenvalue weighted by Gasteiger charge is -2.35. The highest BCUT2D eigenvalue weighted by atomic mass is 19.4. The van der Waals surface area contributed by atoms with E-state index in [1.807, 2.05) is 6.92 Å². The van der Waals surface area contributed by atoms with Crippen LogP contribution in [0.25, 0.3) is 0 Å². The van der Waals surface area contributed by atoms with E-state index < -0.39 is 23.0 Å². The van der Waals surface area contributed by atoms with Gasteiger partial charge in [0.25, 0.3) is 5.56 Å². The van der Waals surface area contributed by atoms with E-state index in [-0.39, 0.29) is 32.1 Å². The van der Waals surface area contributed by atoms with Crippen molar-refractivity contribution in [3.63, 3.8) is 0 Å². The molecule has 3 heterocycles. The molecule has 1 aliphatic heterocycles. The van der Waals surface area contributed by atoms with E-state index in [0.717, 1.165) is 17.7 Å². The fourth-order valence-corrected chi connectivity index (χ4v) is 3.23. The molecular weight excluding hydrogens is 431 g/mol. The van der Waals surface area contributed by atoms with Crippen LogP contribution in [0.15, 0.2) is 23.4 Å². The van der Waals surface area contributed by atoms with Gasteiger partial charge >= 0.3 is 6.18 Å². The van der Waals surface area contributed by atoms with Crippen LogP contribution < -0.4 is 15.8 Å². The zero-order valence-corrected chi connectivity index (χ0v) is 17.5. The number of amides is 1. The molecule has 0 radical (unpaired) electrons. The van der Waals surface area contributed by atoms with Crippen LogP contribution in [0.2, 0.25) is 0 Å². The number of aryl methyl sites for hydroxylation is 1. The van der Waals surface area contributed by atoms with E-state index in [1.54, 1.807) is 22.4 Å². The van der Waals surface area contributed by atoms with E-state index in [2.05, 4.69) is 25.3 Å². The van der Waals surface area contributed by atoms with Gasteiger partial charge in [-0.2, -0.15) is 18.3 Å². The molecule has 0 saturated carbocycles. The monoisotopic (exact) mass is 455 g/mol. The van der Waals surface area contributed by atoms with Crippen molar-refractivity contribution >= 4 is 17.4 Å². The molecule has 1 saturated heterocycles. The Labute approximate surface area is 181 Å². The lowest BCUT2D eigenvalue weighted by molar-refractivity contribution is -0.138. The molecule has 0 aliphatic carbocycles. The van der Waals surface area contributed by atoms with Crippen LogP contribution >= 0.6 is 0 Å². The quantitative estimate of drug-likeness (QED) is 0.568. The fourth-order valence-electron chi connectivity index (χ4n) is 3.23. The lowest BCUT2D eigenvalue weighted by atomic mass is 10.2. The van der Waals surface area contributed by atoms with Crippen molar-refractivity contribution in [2.45, 2.75) is 19.5 Å². The van der Waals surface area contributed by atoms with Crippen molar-refractivity contribution < 1.29 is 22.7 Å². The minimum Gasteiger partial charge on any atom is -0.381 e. The van der Waals surface area contributed by atoms with Crippen LogP contribution in [-0.4, -0.2) is 76.9 Å². The Kier molecular flexibility index (Phi) is 7.62. The summed E-state index contributed by atoms with van der Waals surface area (Å²) in [6.07, 6.45) is -0.314. The third-order valence-electron chi connectivity index (χ3n) is 4.89. The number of carbonyl (C=O) groups excluding carboxylic acids is 1. The van der Waals surface area contributed by atoms with Crippen LogP contribution in [-0.2, 0) is 15.7 Å². The van der Waals surface area contributed by atoms with Gasteiger partial charge in [0.1, 0.15) is 11.4 Å². The number of nitrogens with zero attached hydrogens (tertiary/aromatic N) is 5. The molecule has 10 nitrogen and oxygen atoms in total. The molecule has 2 aromatic heterocycles. The van der Waals surface area contributed by atoms with Gasteiger partial charge in [-0.3, -0.25) is 14.6 Å². The second-order valence-corrected chi connectivity index (χ2v) is 7.16. The van der Waals surface area contributed by atoms with E-state index in [9.17, 15) is 22.8 Å². The maximum atomic E-state index is 13.0. The molecule has 0 aromatic carbocycles. The van der Waals surface area contributed by atoms with Crippen LogP contribution in [0.3, 0.4) is 0 Å². The summed E-state index contributed by atoms with van der Waals surface area (Å²) in [5, 5.41) is 7.64. The first-order chi connectivity index (χ1) is 15.3. The molecule has 0 unspecified atom stereocenters. The molecule has 0 bridgehead atoms. The molecule has 2 aromatic rings. The van der Waals surface area contributed by atoms with Crippen molar-refractivity contribution in [1.82, 2.24) is 25.1 Å². The minimum atomic E-state index is -4.80. The van der Waals surface area contributed by atoms with Crippen molar-refractivity contribution in [1.29, 1.82) is 0 Å². The normalized spacial score (nSPS) is 14.5. The Hall–Kier alpha value is -3.22. The van der Waals surface area contributed by atoms with E-state index in [0.29, 0.717) is 26.2 Å². The summed E-state index contributed by atoms with van der Waals surface area (Å²) in [7, 11) is 0. The van der Waals surface area contributed by atoms with Gasteiger partial charge in [0.05, 0.1) is 49.6 Å². The summed E-state index contributed by atoms with van der Waals surface area (Å²) in [5.74, 6) is 0.730. The first-order valence-electron chi connectivity index (χ1n) is 10.0. The Morgan fingerprint density at radius 1 is 1.16 bits per heavy atom. The number of anilines is 2. The van der Waals surface area contributed by atoms with Gasteiger partial charge in [0, 0.05) is 32.7 Å². The topological polar surface area (TPSA) is 116 Å². The number of rotatable bonds is 8. The molecule has 13 heteroatoms. The largest absolute Gasteiger partial charge is 0.423 e. The molecule has 2 N–H and O–H groups in total. The number of alkyl halides is 3. The summed E-state index contributed by atoms with van der Waals surface area (Å²) in [6.45, 7) is 4.53. The van der Waals surface area contributed by atoms with Gasteiger partial charge in [0.2, 0.25) is 5.91 Å². The third kappa shape index (κ3) is 6.15. The average molecular weight is 455 g/mol. The number of hydrogen-bond donors (Lipinski definition) is 2. The van der Waals surface area contributed by atoms with Crippen LogP contribution in [0.5, 0.6) is 0 Å². The molecule has 174 valence electrons. The van der Waals surface area contributed by atoms with Crippen molar-refractivity contribution in [3.8, 4) is 0 Å². The zero-order valence-electron chi connectivity index (χ0n) is 17.5. The number of nitrogens with one attached hydrogen (secondary N) is 2. The highest BCUT2D eigenvalue weighted by Gasteiger charge is 2.37. The SMILES string of the molecule is Cc1cnc(N2CCN(C(=O)CCOCCNc3cn[nH]c(=O)c3C(F)(F)F)CC2)cn1. The molecule has 0 spiro atoms. The Bertz CT molecular complexity index is 958. The average Bonchev–Trinajstić information content (AvgIpc) is 2.76. The zero-order chi connectivity index (χ0) is 23.1. The molecular formula is C19H24F3N7O3. The summed E-state index contributed by atoms with van der Waals surface area (Å²) in [4.78, 5) is 36.1. The van der Waals surface area contributed by atoms with Crippen LogP contribution in [0.4, 0.5) is 24.7 Å². The van der Waals surface area contributed by atoms with Crippen LogP contribution in [0, 0.1) is 6.92 Å². The van der Waals surface area contributed by atoms with Crippen molar-refractivity contribution in [2.75, 3.05) is 56.2 Å². The highest BCUT2D eigenvalue weighted by Crippen LogP contribution is 2.31. The summed E-state index contributed by atoms with van der Waals surface area (Å²) in [6, 6.07) is 0.